The number of ether oxygens (including phenoxy) is 1. The van der Waals surface area contributed by atoms with Gasteiger partial charge in [0.25, 0.3) is 5.69 Å². The number of rotatable bonds is 6. The molecule has 0 aromatic heterocycles. The van der Waals surface area contributed by atoms with E-state index in [0.29, 0.717) is 6.42 Å². The molecular weight excluding hydrogens is 292 g/mol. The maximum Gasteiger partial charge on any atom is 0.338 e. The smallest absolute Gasteiger partial charge is 0.338 e. The van der Waals surface area contributed by atoms with E-state index in [9.17, 15) is 25.0 Å². The van der Waals surface area contributed by atoms with Gasteiger partial charge in [-0.1, -0.05) is 20.4 Å². The fourth-order valence-corrected chi connectivity index (χ4v) is 1.74. The second-order valence-electron chi connectivity index (χ2n) is 4.88. The molecule has 1 aromatic rings. The highest BCUT2D eigenvalue weighted by molar-refractivity contribution is 5.89. The first-order chi connectivity index (χ1) is 10.2. The fraction of sp³-hybridized carbons (Fsp3) is 0.357. The molecule has 8 nitrogen and oxygen atoms in total. The highest BCUT2D eigenvalue weighted by atomic mass is 16.6. The number of nitro benzene ring substituents is 2. The maximum absolute atomic E-state index is 11.7. The van der Waals surface area contributed by atoms with Crippen molar-refractivity contribution in [3.05, 3.63) is 50.1 Å². The molecule has 0 bridgehead atoms. The zero-order chi connectivity index (χ0) is 17.0. The third kappa shape index (κ3) is 3.66. The zero-order valence-electron chi connectivity index (χ0n) is 12.5. The fourth-order valence-electron chi connectivity index (χ4n) is 1.74. The number of benzene rings is 1. The summed E-state index contributed by atoms with van der Waals surface area (Å²) in [6, 6.07) is 1.98. The molecule has 1 rings (SSSR count). The van der Waals surface area contributed by atoms with E-state index in [1.807, 2.05) is 6.92 Å². The van der Waals surface area contributed by atoms with Gasteiger partial charge in [0.05, 0.1) is 15.9 Å². The number of hydrogen-bond acceptors (Lipinski definition) is 6. The minimum atomic E-state index is -0.818. The first-order valence-corrected chi connectivity index (χ1v) is 6.53. The highest BCUT2D eigenvalue weighted by Gasteiger charge is 2.29. The van der Waals surface area contributed by atoms with Crippen LogP contribution in [0.15, 0.2) is 24.3 Å². The quantitative estimate of drug-likeness (QED) is 0.261. The molecule has 0 saturated heterocycles. The number of carbonyl (C=O) groups excluding carboxylic acids is 1. The van der Waals surface area contributed by atoms with E-state index in [1.165, 1.54) is 13.0 Å². The lowest BCUT2D eigenvalue weighted by Crippen LogP contribution is -2.12. The molecule has 0 aliphatic rings. The average Bonchev–Trinajstić information content (AvgIpc) is 2.45. The van der Waals surface area contributed by atoms with Crippen LogP contribution in [0.3, 0.4) is 0 Å². The molecule has 0 spiro atoms. The van der Waals surface area contributed by atoms with Crippen molar-refractivity contribution in [1.29, 1.82) is 0 Å². The third-order valence-electron chi connectivity index (χ3n) is 3.18. The number of non-ortho nitro benzene ring substituents is 1. The number of esters is 1. The molecule has 0 heterocycles. The summed E-state index contributed by atoms with van der Waals surface area (Å²) >= 11 is 0. The van der Waals surface area contributed by atoms with Gasteiger partial charge in [-0.25, -0.2) is 4.79 Å². The summed E-state index contributed by atoms with van der Waals surface area (Å²) in [6.07, 6.45) is 0.565. The van der Waals surface area contributed by atoms with Gasteiger partial charge in [0.2, 0.25) is 5.75 Å². The van der Waals surface area contributed by atoms with Crippen LogP contribution in [0.1, 0.15) is 38.7 Å². The van der Waals surface area contributed by atoms with Crippen LogP contribution < -0.4 is 4.74 Å². The van der Waals surface area contributed by atoms with E-state index in [2.05, 4.69) is 6.58 Å². The van der Waals surface area contributed by atoms with Crippen LogP contribution >= 0.6 is 0 Å². The summed E-state index contributed by atoms with van der Waals surface area (Å²) in [5, 5.41) is 22.1. The minimum Gasteiger partial charge on any atom is -0.415 e. The van der Waals surface area contributed by atoms with Gasteiger partial charge < -0.3 is 4.74 Å². The van der Waals surface area contributed by atoms with E-state index in [-0.39, 0.29) is 22.8 Å². The summed E-state index contributed by atoms with van der Waals surface area (Å²) in [4.78, 5) is 32.3. The molecular formula is C14H16N2O6. The van der Waals surface area contributed by atoms with E-state index < -0.39 is 27.2 Å². The lowest BCUT2D eigenvalue weighted by Gasteiger charge is -2.14. The van der Waals surface area contributed by atoms with Gasteiger partial charge in [-0.05, 0) is 19.3 Å². The monoisotopic (exact) mass is 308 g/mol. The zero-order valence-corrected chi connectivity index (χ0v) is 12.5. The van der Waals surface area contributed by atoms with Crippen molar-refractivity contribution < 1.29 is 19.4 Å². The van der Waals surface area contributed by atoms with Crippen LogP contribution in [0.2, 0.25) is 0 Å². The molecule has 22 heavy (non-hydrogen) atoms. The first-order valence-electron chi connectivity index (χ1n) is 6.53. The third-order valence-corrected chi connectivity index (χ3v) is 3.18. The lowest BCUT2D eigenvalue weighted by atomic mass is 9.96. The van der Waals surface area contributed by atoms with Crippen molar-refractivity contribution in [2.45, 2.75) is 33.1 Å². The van der Waals surface area contributed by atoms with Gasteiger partial charge in [0, 0.05) is 17.2 Å². The molecule has 0 radical (unpaired) electrons. The van der Waals surface area contributed by atoms with Gasteiger partial charge in [0.1, 0.15) is 0 Å². The average molecular weight is 308 g/mol. The van der Waals surface area contributed by atoms with Crippen LogP contribution in [0.5, 0.6) is 5.75 Å². The van der Waals surface area contributed by atoms with E-state index in [0.717, 1.165) is 6.07 Å². The predicted molar refractivity (Wildman–Crippen MR) is 78.9 cm³/mol. The van der Waals surface area contributed by atoms with Crippen molar-refractivity contribution in [2.75, 3.05) is 0 Å². The van der Waals surface area contributed by atoms with E-state index >= 15 is 0 Å². The molecule has 0 fully saturated rings. The summed E-state index contributed by atoms with van der Waals surface area (Å²) in [6.45, 7) is 8.37. The Labute approximate surface area is 126 Å². The summed E-state index contributed by atoms with van der Waals surface area (Å²) in [5.74, 6) is -1.34. The van der Waals surface area contributed by atoms with E-state index in [4.69, 9.17) is 4.74 Å². The van der Waals surface area contributed by atoms with Crippen molar-refractivity contribution in [2.24, 2.45) is 0 Å². The molecule has 118 valence electrons. The molecule has 1 aromatic carbocycles. The Morgan fingerprint density at radius 1 is 1.32 bits per heavy atom. The Kier molecular flexibility index (Phi) is 5.33. The van der Waals surface area contributed by atoms with Crippen molar-refractivity contribution in [3.8, 4) is 5.75 Å². The van der Waals surface area contributed by atoms with Gasteiger partial charge in [-0.3, -0.25) is 20.2 Å². The number of nitro groups is 2. The highest BCUT2D eigenvalue weighted by Crippen LogP contribution is 2.40. The molecule has 0 amide bonds. The number of carbonyl (C=O) groups is 1. The molecule has 0 N–H and O–H groups in total. The van der Waals surface area contributed by atoms with Crippen LogP contribution in [0, 0.1) is 20.2 Å². The van der Waals surface area contributed by atoms with Gasteiger partial charge in [-0.15, -0.1) is 0 Å². The Bertz CT molecular complexity index is 653. The molecule has 0 aliphatic carbocycles. The Hall–Kier alpha value is -2.77. The predicted octanol–water partition coefficient (Wildman–Crippen LogP) is 3.50. The molecule has 0 saturated carbocycles. The summed E-state index contributed by atoms with van der Waals surface area (Å²) in [5.41, 5.74) is -0.711. The van der Waals surface area contributed by atoms with Crippen LogP contribution in [-0.2, 0) is 4.79 Å². The number of nitrogens with zero attached hydrogens (tertiary/aromatic N) is 2. The van der Waals surface area contributed by atoms with Crippen molar-refractivity contribution >= 4 is 17.3 Å². The van der Waals surface area contributed by atoms with Crippen LogP contribution in [0.25, 0.3) is 0 Å². The Balaban J connectivity index is 3.60. The van der Waals surface area contributed by atoms with Crippen LogP contribution in [0.4, 0.5) is 11.4 Å². The summed E-state index contributed by atoms with van der Waals surface area (Å²) in [7, 11) is 0. The van der Waals surface area contributed by atoms with Gasteiger partial charge in [0.15, 0.2) is 0 Å². The SMILES string of the molecule is C=C(C)C(=O)Oc1c(C(C)CC)cc([N+](=O)[O-])cc1[N+](=O)[O-]. The molecule has 8 heteroatoms. The largest absolute Gasteiger partial charge is 0.415 e. The van der Waals surface area contributed by atoms with Crippen molar-refractivity contribution in [3.63, 3.8) is 0 Å². The first kappa shape index (κ1) is 17.3. The normalized spacial score (nSPS) is 11.6. The van der Waals surface area contributed by atoms with Crippen LogP contribution in [-0.4, -0.2) is 15.8 Å². The molecule has 0 aliphatic heterocycles. The Morgan fingerprint density at radius 2 is 1.91 bits per heavy atom. The minimum absolute atomic E-state index is 0.0720. The topological polar surface area (TPSA) is 113 Å². The van der Waals surface area contributed by atoms with E-state index in [1.54, 1.807) is 6.92 Å². The van der Waals surface area contributed by atoms with Gasteiger partial charge in [-0.2, -0.15) is 0 Å². The second kappa shape index (κ2) is 6.79. The number of hydrogen-bond donors (Lipinski definition) is 0. The maximum atomic E-state index is 11.7. The Morgan fingerprint density at radius 3 is 2.32 bits per heavy atom. The van der Waals surface area contributed by atoms with Gasteiger partial charge >= 0.3 is 11.7 Å². The standard InChI is InChI=1S/C14H16N2O6/c1-5-9(4)11-6-10(15(18)19)7-12(16(20)21)13(11)22-14(17)8(2)3/h6-7,9H,2,5H2,1,3-4H3. The summed E-state index contributed by atoms with van der Waals surface area (Å²) < 4.78 is 5.05. The molecule has 1 atom stereocenters. The molecule has 1 unspecified atom stereocenters. The lowest BCUT2D eigenvalue weighted by molar-refractivity contribution is -0.394. The second-order valence-corrected chi connectivity index (χ2v) is 4.88. The van der Waals surface area contributed by atoms with Crippen molar-refractivity contribution in [1.82, 2.24) is 0 Å².